The van der Waals surface area contributed by atoms with Crippen molar-refractivity contribution in [1.29, 1.82) is 0 Å². The second-order valence-electron chi connectivity index (χ2n) is 7.39. The number of amides is 1. The van der Waals surface area contributed by atoms with Crippen LogP contribution in [-0.4, -0.2) is 80.1 Å². The van der Waals surface area contributed by atoms with Gasteiger partial charge in [-0.2, -0.15) is 0 Å². The van der Waals surface area contributed by atoms with Gasteiger partial charge in [-0.25, -0.2) is 4.98 Å². The van der Waals surface area contributed by atoms with E-state index < -0.39 is 5.60 Å². The first-order valence-corrected chi connectivity index (χ1v) is 9.21. The normalized spacial score (nSPS) is 22.7. The van der Waals surface area contributed by atoms with Crippen LogP contribution in [0.15, 0.2) is 24.5 Å². The van der Waals surface area contributed by atoms with Crippen LogP contribution in [0, 0.1) is 6.92 Å². The summed E-state index contributed by atoms with van der Waals surface area (Å²) in [5.41, 5.74) is 1.57. The van der Waals surface area contributed by atoms with E-state index in [1.165, 1.54) is 12.8 Å². The summed E-state index contributed by atoms with van der Waals surface area (Å²) in [4.78, 5) is 29.6. The standard InChI is InChI=1S/C18H24N4O2.CH2O2/c1-14-4-5-16-19-15(11-22(16)10-14)17(23)21-9-6-18(24,13-21)12-20-7-2-3-8-20;2-1-3/h4-5,10-11,24H,2-3,6-9,12-13H2,1H3;1H,(H,2,3). The smallest absolute Gasteiger partial charge is 0.290 e. The van der Waals surface area contributed by atoms with E-state index in [9.17, 15) is 9.90 Å². The number of fused-ring (bicyclic) bond motifs is 1. The SMILES string of the molecule is Cc1ccc2nc(C(=O)N3CCC(O)(CN4CCCC4)C3)cn2c1.O=CO. The number of aliphatic hydroxyl groups is 1. The maximum atomic E-state index is 12.8. The molecule has 2 aliphatic rings. The molecule has 4 heterocycles. The zero-order valence-electron chi connectivity index (χ0n) is 15.5. The molecular formula is C19H26N4O4. The fourth-order valence-corrected chi connectivity index (χ4v) is 3.88. The zero-order valence-corrected chi connectivity index (χ0v) is 15.5. The first kappa shape index (κ1) is 19.3. The summed E-state index contributed by atoms with van der Waals surface area (Å²) >= 11 is 0. The summed E-state index contributed by atoms with van der Waals surface area (Å²) in [6.07, 6.45) is 6.80. The molecule has 8 nitrogen and oxygen atoms in total. The summed E-state index contributed by atoms with van der Waals surface area (Å²) in [6, 6.07) is 3.90. The van der Waals surface area contributed by atoms with E-state index in [1.54, 1.807) is 11.1 Å². The molecule has 4 rings (SSSR count). The van der Waals surface area contributed by atoms with Crippen LogP contribution >= 0.6 is 0 Å². The number of nitrogens with zero attached hydrogens (tertiary/aromatic N) is 4. The van der Waals surface area contributed by atoms with Crippen molar-refractivity contribution in [3.63, 3.8) is 0 Å². The van der Waals surface area contributed by atoms with Crippen LogP contribution in [0.5, 0.6) is 0 Å². The van der Waals surface area contributed by atoms with Gasteiger partial charge in [-0.05, 0) is 50.9 Å². The maximum Gasteiger partial charge on any atom is 0.290 e. The van der Waals surface area contributed by atoms with Gasteiger partial charge in [0.05, 0.1) is 12.1 Å². The number of carbonyl (C=O) groups is 2. The van der Waals surface area contributed by atoms with Crippen molar-refractivity contribution in [2.45, 2.75) is 31.8 Å². The van der Waals surface area contributed by atoms with E-state index in [0.29, 0.717) is 31.7 Å². The number of likely N-dealkylation sites (tertiary alicyclic amines) is 2. The van der Waals surface area contributed by atoms with Gasteiger partial charge in [-0.1, -0.05) is 6.07 Å². The Morgan fingerprint density at radius 3 is 2.67 bits per heavy atom. The molecule has 2 aromatic heterocycles. The second-order valence-corrected chi connectivity index (χ2v) is 7.39. The topological polar surface area (TPSA) is 98.4 Å². The number of aryl methyl sites for hydroxylation is 1. The highest BCUT2D eigenvalue weighted by Gasteiger charge is 2.40. The van der Waals surface area contributed by atoms with E-state index in [-0.39, 0.29) is 12.4 Å². The Balaban J connectivity index is 0.000000659. The first-order chi connectivity index (χ1) is 12.9. The Kier molecular flexibility index (Phi) is 5.76. The molecule has 146 valence electrons. The molecule has 1 amide bonds. The van der Waals surface area contributed by atoms with Crippen LogP contribution in [0.2, 0.25) is 0 Å². The van der Waals surface area contributed by atoms with Crippen molar-refractivity contribution >= 4 is 18.0 Å². The van der Waals surface area contributed by atoms with Crippen molar-refractivity contribution < 1.29 is 19.8 Å². The molecule has 2 aliphatic heterocycles. The number of hydrogen-bond acceptors (Lipinski definition) is 5. The summed E-state index contributed by atoms with van der Waals surface area (Å²) < 4.78 is 1.88. The molecule has 1 atom stereocenters. The Labute approximate surface area is 158 Å². The van der Waals surface area contributed by atoms with Crippen molar-refractivity contribution in [3.05, 3.63) is 35.8 Å². The number of rotatable bonds is 3. The molecule has 0 bridgehead atoms. The lowest BCUT2D eigenvalue weighted by Crippen LogP contribution is -2.45. The molecule has 0 saturated carbocycles. The van der Waals surface area contributed by atoms with Gasteiger partial charge in [0.1, 0.15) is 11.3 Å². The molecule has 0 aromatic carbocycles. The predicted molar refractivity (Wildman–Crippen MR) is 99.8 cm³/mol. The molecule has 0 spiro atoms. The molecule has 0 radical (unpaired) electrons. The van der Waals surface area contributed by atoms with E-state index >= 15 is 0 Å². The number of imidazole rings is 1. The highest BCUT2D eigenvalue weighted by molar-refractivity contribution is 5.93. The Morgan fingerprint density at radius 2 is 1.96 bits per heavy atom. The van der Waals surface area contributed by atoms with Crippen LogP contribution < -0.4 is 0 Å². The third-order valence-electron chi connectivity index (χ3n) is 5.15. The molecule has 27 heavy (non-hydrogen) atoms. The van der Waals surface area contributed by atoms with Gasteiger partial charge < -0.3 is 24.4 Å². The van der Waals surface area contributed by atoms with Gasteiger partial charge >= 0.3 is 0 Å². The molecule has 0 aliphatic carbocycles. The van der Waals surface area contributed by atoms with Crippen molar-refractivity contribution in [1.82, 2.24) is 19.2 Å². The average Bonchev–Trinajstić information content (AvgIpc) is 3.35. The minimum Gasteiger partial charge on any atom is -0.483 e. The van der Waals surface area contributed by atoms with Crippen LogP contribution in [0.1, 0.15) is 35.3 Å². The number of hydrogen-bond donors (Lipinski definition) is 2. The number of aromatic nitrogens is 2. The molecule has 2 N–H and O–H groups in total. The van der Waals surface area contributed by atoms with E-state index in [4.69, 9.17) is 9.90 Å². The fraction of sp³-hybridized carbons (Fsp3) is 0.526. The van der Waals surface area contributed by atoms with Crippen molar-refractivity contribution in [2.75, 3.05) is 32.7 Å². The highest BCUT2D eigenvalue weighted by atomic mass is 16.3. The van der Waals surface area contributed by atoms with Gasteiger partial charge in [0.2, 0.25) is 0 Å². The third kappa shape index (κ3) is 4.45. The lowest BCUT2D eigenvalue weighted by molar-refractivity contribution is -0.122. The number of carbonyl (C=O) groups excluding carboxylic acids is 1. The lowest BCUT2D eigenvalue weighted by atomic mass is 10.0. The second kappa shape index (κ2) is 8.06. The Bertz CT molecular complexity index is 815. The van der Waals surface area contributed by atoms with Crippen LogP contribution in [0.4, 0.5) is 0 Å². The van der Waals surface area contributed by atoms with Crippen LogP contribution in [0.25, 0.3) is 5.65 Å². The third-order valence-corrected chi connectivity index (χ3v) is 5.15. The van der Waals surface area contributed by atoms with E-state index in [1.807, 2.05) is 29.7 Å². The Morgan fingerprint density at radius 1 is 1.26 bits per heavy atom. The lowest BCUT2D eigenvalue weighted by Gasteiger charge is -2.28. The highest BCUT2D eigenvalue weighted by Crippen LogP contribution is 2.25. The average molecular weight is 374 g/mol. The number of carboxylic acid groups (broad SMARTS) is 1. The minimum absolute atomic E-state index is 0.0892. The predicted octanol–water partition coefficient (Wildman–Crippen LogP) is 1.02. The minimum atomic E-state index is -0.782. The summed E-state index contributed by atoms with van der Waals surface area (Å²) in [6.45, 7) is 5.54. The van der Waals surface area contributed by atoms with Gasteiger partial charge in [0.15, 0.2) is 0 Å². The molecular weight excluding hydrogens is 348 g/mol. The first-order valence-electron chi connectivity index (χ1n) is 9.21. The fourth-order valence-electron chi connectivity index (χ4n) is 3.88. The number of pyridine rings is 1. The molecule has 2 fully saturated rings. The maximum absolute atomic E-state index is 12.8. The largest absolute Gasteiger partial charge is 0.483 e. The van der Waals surface area contributed by atoms with Gasteiger partial charge in [-0.15, -0.1) is 0 Å². The van der Waals surface area contributed by atoms with Gasteiger partial charge in [0, 0.05) is 25.5 Å². The molecule has 8 heteroatoms. The Hall–Kier alpha value is -2.45. The molecule has 1 unspecified atom stereocenters. The number of β-amino-alcohol motifs (C(OH)–C–C–N with tert-alkyl or cyclic N) is 1. The summed E-state index contributed by atoms with van der Waals surface area (Å²) in [5, 5.41) is 17.7. The summed E-state index contributed by atoms with van der Waals surface area (Å²) in [5.74, 6) is -0.0892. The van der Waals surface area contributed by atoms with Crippen LogP contribution in [0.3, 0.4) is 0 Å². The van der Waals surface area contributed by atoms with Gasteiger partial charge in [0.25, 0.3) is 12.4 Å². The van der Waals surface area contributed by atoms with Crippen molar-refractivity contribution in [2.24, 2.45) is 0 Å². The van der Waals surface area contributed by atoms with Crippen molar-refractivity contribution in [3.8, 4) is 0 Å². The van der Waals surface area contributed by atoms with Gasteiger partial charge in [-0.3, -0.25) is 9.59 Å². The molecule has 2 aromatic rings. The van der Waals surface area contributed by atoms with E-state index in [0.717, 1.165) is 24.3 Å². The monoisotopic (exact) mass is 374 g/mol. The van der Waals surface area contributed by atoms with E-state index in [2.05, 4.69) is 9.88 Å². The zero-order chi connectivity index (χ0) is 19.4. The molecule has 2 saturated heterocycles. The summed E-state index contributed by atoms with van der Waals surface area (Å²) in [7, 11) is 0. The quantitative estimate of drug-likeness (QED) is 0.779. The van der Waals surface area contributed by atoms with Crippen LogP contribution in [-0.2, 0) is 4.79 Å².